The Kier molecular flexibility index (Phi) is 6.46. The van der Waals surface area contributed by atoms with Gasteiger partial charge in [-0.3, -0.25) is 0 Å². The Bertz CT molecular complexity index is 1330. The predicted octanol–water partition coefficient (Wildman–Crippen LogP) is 7.00. The summed E-state index contributed by atoms with van der Waals surface area (Å²) < 4.78 is 17.6. The Balaban J connectivity index is 1.22. The zero-order chi connectivity index (χ0) is 26.3. The van der Waals surface area contributed by atoms with Crippen LogP contribution in [-0.2, 0) is 11.2 Å². The third kappa shape index (κ3) is 4.28. The monoisotopic (exact) mass is 510 g/mol. The molecule has 3 aromatic carbocycles. The van der Waals surface area contributed by atoms with Crippen LogP contribution in [0.4, 0.5) is 0 Å². The van der Waals surface area contributed by atoms with Crippen LogP contribution in [0.1, 0.15) is 76.8 Å². The molecular formula is C33H34O5. The molecule has 3 aliphatic rings. The Morgan fingerprint density at radius 1 is 0.816 bits per heavy atom. The highest BCUT2D eigenvalue weighted by Crippen LogP contribution is 2.62. The third-order valence-electron chi connectivity index (χ3n) is 9.39. The number of ether oxygens (including phenoxy) is 3. The van der Waals surface area contributed by atoms with Crippen molar-refractivity contribution in [1.29, 1.82) is 0 Å². The van der Waals surface area contributed by atoms with Crippen molar-refractivity contribution >= 4 is 11.9 Å². The number of fused-ring (bicyclic) bond motifs is 5. The van der Waals surface area contributed by atoms with E-state index in [1.807, 2.05) is 54.6 Å². The van der Waals surface area contributed by atoms with Gasteiger partial charge in [-0.25, -0.2) is 9.59 Å². The minimum absolute atomic E-state index is 0.00164. The van der Waals surface area contributed by atoms with Crippen molar-refractivity contribution in [3.63, 3.8) is 0 Å². The molecule has 0 saturated heterocycles. The van der Waals surface area contributed by atoms with Crippen LogP contribution in [0.3, 0.4) is 0 Å². The normalized spacial score (nSPS) is 27.4. The molecule has 196 valence electrons. The number of carbonyl (C=O) groups excluding carboxylic acids is 2. The van der Waals surface area contributed by atoms with Crippen molar-refractivity contribution in [3.05, 3.63) is 95.1 Å². The molecule has 0 unspecified atom stereocenters. The van der Waals surface area contributed by atoms with E-state index in [1.165, 1.54) is 11.1 Å². The van der Waals surface area contributed by atoms with Gasteiger partial charge in [0.05, 0.1) is 18.2 Å². The second-order valence-corrected chi connectivity index (χ2v) is 11.3. The second-order valence-electron chi connectivity index (χ2n) is 11.3. The first-order valence-electron chi connectivity index (χ1n) is 13.7. The van der Waals surface area contributed by atoms with Crippen LogP contribution >= 0.6 is 0 Å². The van der Waals surface area contributed by atoms with Gasteiger partial charge in [-0.15, -0.1) is 0 Å². The van der Waals surface area contributed by atoms with E-state index in [0.29, 0.717) is 40.4 Å². The molecule has 2 fully saturated rings. The molecule has 0 bridgehead atoms. The van der Waals surface area contributed by atoms with Gasteiger partial charge in [0, 0.05) is 5.41 Å². The summed E-state index contributed by atoms with van der Waals surface area (Å²) in [7, 11) is 1.63. The quantitative estimate of drug-likeness (QED) is 0.273. The molecule has 0 aromatic heterocycles. The lowest BCUT2D eigenvalue weighted by Crippen LogP contribution is -2.45. The van der Waals surface area contributed by atoms with E-state index < -0.39 is 0 Å². The fourth-order valence-electron chi connectivity index (χ4n) is 7.47. The molecule has 5 nitrogen and oxygen atoms in total. The molecule has 0 N–H and O–H groups in total. The van der Waals surface area contributed by atoms with E-state index in [2.05, 4.69) is 13.0 Å². The molecule has 0 aliphatic heterocycles. The van der Waals surface area contributed by atoms with Crippen LogP contribution in [0.2, 0.25) is 0 Å². The number of methoxy groups -OCH3 is 1. The number of hydrogen-bond acceptors (Lipinski definition) is 5. The summed E-state index contributed by atoms with van der Waals surface area (Å²) in [4.78, 5) is 25.6. The molecule has 5 atom stereocenters. The molecule has 0 radical (unpaired) electrons. The van der Waals surface area contributed by atoms with Crippen LogP contribution < -0.4 is 9.47 Å². The smallest absolute Gasteiger partial charge is 0.343 e. The molecular weight excluding hydrogens is 476 g/mol. The maximum atomic E-state index is 12.9. The van der Waals surface area contributed by atoms with Gasteiger partial charge in [-0.05, 0) is 104 Å². The van der Waals surface area contributed by atoms with E-state index in [4.69, 9.17) is 14.2 Å². The van der Waals surface area contributed by atoms with Gasteiger partial charge < -0.3 is 14.2 Å². The van der Waals surface area contributed by atoms with E-state index >= 15 is 0 Å². The molecule has 3 aromatic rings. The largest absolute Gasteiger partial charge is 0.493 e. The fraction of sp³-hybridized carbons (Fsp3) is 0.394. The van der Waals surface area contributed by atoms with Crippen molar-refractivity contribution in [3.8, 4) is 11.5 Å². The highest BCUT2D eigenvalue weighted by atomic mass is 16.6. The van der Waals surface area contributed by atoms with Crippen LogP contribution in [0.15, 0.2) is 72.8 Å². The number of benzene rings is 3. The lowest BCUT2D eigenvalue weighted by molar-refractivity contribution is -0.0428. The van der Waals surface area contributed by atoms with Crippen molar-refractivity contribution < 1.29 is 23.8 Å². The van der Waals surface area contributed by atoms with E-state index in [1.54, 1.807) is 19.2 Å². The summed E-state index contributed by atoms with van der Waals surface area (Å²) in [6, 6.07) is 22.5. The summed E-state index contributed by atoms with van der Waals surface area (Å²) in [5.74, 6) is 1.99. The van der Waals surface area contributed by atoms with Gasteiger partial charge in [0.1, 0.15) is 6.10 Å². The minimum Gasteiger partial charge on any atom is -0.493 e. The zero-order valence-electron chi connectivity index (χ0n) is 22.0. The minimum atomic E-state index is -0.381. The Labute approximate surface area is 224 Å². The topological polar surface area (TPSA) is 61.8 Å². The summed E-state index contributed by atoms with van der Waals surface area (Å²) in [5.41, 5.74) is 3.71. The van der Waals surface area contributed by atoms with Gasteiger partial charge in [0.2, 0.25) is 0 Å². The third-order valence-corrected chi connectivity index (χ3v) is 9.39. The van der Waals surface area contributed by atoms with Crippen LogP contribution in [-0.4, -0.2) is 25.2 Å². The summed E-state index contributed by atoms with van der Waals surface area (Å²) in [5, 5.41) is 0. The lowest BCUT2D eigenvalue weighted by Gasteiger charge is -2.50. The Morgan fingerprint density at radius 2 is 1.50 bits per heavy atom. The van der Waals surface area contributed by atoms with E-state index in [0.717, 1.165) is 38.5 Å². The molecule has 5 heteroatoms. The van der Waals surface area contributed by atoms with Crippen molar-refractivity contribution in [1.82, 2.24) is 0 Å². The van der Waals surface area contributed by atoms with Crippen molar-refractivity contribution in [2.45, 2.75) is 57.5 Å². The van der Waals surface area contributed by atoms with Gasteiger partial charge in [0.15, 0.2) is 11.5 Å². The lowest BCUT2D eigenvalue weighted by atomic mass is 9.55. The first-order chi connectivity index (χ1) is 18.5. The first-order valence-corrected chi connectivity index (χ1v) is 13.7. The molecule has 0 heterocycles. The number of aryl methyl sites for hydroxylation is 1. The molecule has 3 aliphatic carbocycles. The molecule has 38 heavy (non-hydrogen) atoms. The number of rotatable bonds is 5. The fourth-order valence-corrected chi connectivity index (χ4v) is 7.47. The van der Waals surface area contributed by atoms with Crippen LogP contribution in [0, 0.1) is 17.3 Å². The maximum absolute atomic E-state index is 12.9. The van der Waals surface area contributed by atoms with Gasteiger partial charge in [-0.2, -0.15) is 0 Å². The van der Waals surface area contributed by atoms with E-state index in [9.17, 15) is 9.59 Å². The highest BCUT2D eigenvalue weighted by Gasteiger charge is 2.56. The zero-order valence-corrected chi connectivity index (χ0v) is 22.0. The summed E-state index contributed by atoms with van der Waals surface area (Å²) in [6.07, 6.45) is 6.08. The first kappa shape index (κ1) is 24.7. The van der Waals surface area contributed by atoms with Gasteiger partial charge in [0.25, 0.3) is 0 Å². The predicted molar refractivity (Wildman–Crippen MR) is 145 cm³/mol. The average Bonchev–Trinajstić information content (AvgIpc) is 3.29. The number of carbonyl (C=O) groups is 2. The molecule has 6 rings (SSSR count). The van der Waals surface area contributed by atoms with Crippen LogP contribution in [0.25, 0.3) is 0 Å². The van der Waals surface area contributed by atoms with Crippen LogP contribution in [0.5, 0.6) is 11.5 Å². The van der Waals surface area contributed by atoms with Crippen molar-refractivity contribution in [2.75, 3.05) is 7.11 Å². The summed E-state index contributed by atoms with van der Waals surface area (Å²) in [6.45, 7) is 2.34. The van der Waals surface area contributed by atoms with E-state index in [-0.39, 0.29) is 23.5 Å². The number of esters is 2. The molecule has 0 amide bonds. The Morgan fingerprint density at radius 3 is 2.18 bits per heavy atom. The van der Waals surface area contributed by atoms with Crippen molar-refractivity contribution in [2.24, 2.45) is 17.3 Å². The summed E-state index contributed by atoms with van der Waals surface area (Å²) >= 11 is 0. The van der Waals surface area contributed by atoms with Gasteiger partial charge >= 0.3 is 11.9 Å². The van der Waals surface area contributed by atoms with Gasteiger partial charge in [-0.1, -0.05) is 43.3 Å². The second kappa shape index (κ2) is 9.94. The molecule has 2 saturated carbocycles. The standard InChI is InChI=1S/C33H34O5/c1-33-18-17-24-25(27(33)15-16-30(33)38-32(35)22-11-7-4-8-12-22)14-13-23-19-29(28(36-2)20-26(23)24)37-31(34)21-9-5-3-6-10-21/h3-12,19-20,24-25,27,30H,13-18H2,1-2H3/t24-,25+,27-,30-,33-/m0/s1. The average molecular weight is 511 g/mol. The SMILES string of the molecule is COc1cc2c(cc1OC(=O)c1ccccc1)CC[C@@H]1[C@@H]2CC[C@]2(C)[C@@H](OC(=O)c3ccccc3)CC[C@@H]12. The molecule has 0 spiro atoms. The Hall–Kier alpha value is -3.60. The number of hydrogen-bond donors (Lipinski definition) is 0. The maximum Gasteiger partial charge on any atom is 0.343 e. The highest BCUT2D eigenvalue weighted by molar-refractivity contribution is 5.91.